The van der Waals surface area contributed by atoms with Gasteiger partial charge in [-0.2, -0.15) is 0 Å². The number of rotatable bonds is 1. The summed E-state index contributed by atoms with van der Waals surface area (Å²) in [6.07, 6.45) is 0. The van der Waals surface area contributed by atoms with Crippen LogP contribution in [-0.4, -0.2) is 23.2 Å². The van der Waals surface area contributed by atoms with Crippen LogP contribution < -0.4 is 0 Å². The number of aliphatic imine (C=N–C) groups is 1. The average molecular weight is 234 g/mol. The number of fused-ring (bicyclic) bond motifs is 1. The third-order valence-electron chi connectivity index (χ3n) is 2.82. The molecular weight excluding hydrogens is 223 g/mol. The number of hydrogen-bond donors (Lipinski definition) is 0. The summed E-state index contributed by atoms with van der Waals surface area (Å²) < 4.78 is 13.2. The second kappa shape index (κ2) is 3.63. The highest BCUT2D eigenvalue weighted by Crippen LogP contribution is 2.35. The second-order valence-corrected chi connectivity index (χ2v) is 4.74. The predicted molar refractivity (Wildman–Crippen MR) is 65.7 cm³/mol. The molecule has 1 aromatic rings. The summed E-state index contributed by atoms with van der Waals surface area (Å²) >= 11 is 1.65. The van der Waals surface area contributed by atoms with Crippen molar-refractivity contribution in [3.05, 3.63) is 40.6 Å². The van der Waals surface area contributed by atoms with Gasteiger partial charge in [0.25, 0.3) is 0 Å². The highest BCUT2D eigenvalue weighted by atomic mass is 32.2. The van der Waals surface area contributed by atoms with Gasteiger partial charge in [0.2, 0.25) is 0 Å². The van der Waals surface area contributed by atoms with E-state index in [1.54, 1.807) is 18.7 Å². The van der Waals surface area contributed by atoms with Crippen molar-refractivity contribution in [1.82, 2.24) is 4.90 Å². The lowest BCUT2D eigenvalue weighted by molar-refractivity contribution is 0.616. The molecule has 2 aliphatic heterocycles. The molecule has 16 heavy (non-hydrogen) atoms. The third kappa shape index (κ3) is 1.45. The van der Waals surface area contributed by atoms with Crippen LogP contribution in [0.5, 0.6) is 0 Å². The van der Waals surface area contributed by atoms with Gasteiger partial charge in [-0.1, -0.05) is 11.8 Å². The van der Waals surface area contributed by atoms with Crippen LogP contribution in [0.15, 0.2) is 28.6 Å². The van der Waals surface area contributed by atoms with Crippen molar-refractivity contribution in [2.75, 3.05) is 13.1 Å². The summed E-state index contributed by atoms with van der Waals surface area (Å²) in [6.45, 7) is 3.59. The van der Waals surface area contributed by atoms with E-state index in [1.165, 1.54) is 6.07 Å². The Bertz CT molecular complexity index is 508. The molecule has 2 heterocycles. The molecule has 0 aromatic heterocycles. The standard InChI is InChI=1S/C12H11FN2S/c1-8-6-9(2-3-10(8)13)11-7-16-12-14-4-5-15(11)12/h2-3,6-7H,4-5H2,1H3. The van der Waals surface area contributed by atoms with Crippen LogP contribution in [-0.2, 0) is 0 Å². The third-order valence-corrected chi connectivity index (χ3v) is 3.72. The Morgan fingerprint density at radius 3 is 3.12 bits per heavy atom. The Morgan fingerprint density at radius 2 is 2.31 bits per heavy atom. The number of nitrogens with zero attached hydrogens (tertiary/aromatic N) is 2. The van der Waals surface area contributed by atoms with Crippen molar-refractivity contribution in [3.63, 3.8) is 0 Å². The SMILES string of the molecule is Cc1cc(C2=CSC3=NCCN23)ccc1F. The van der Waals surface area contributed by atoms with Gasteiger partial charge in [0.1, 0.15) is 5.82 Å². The molecule has 0 unspecified atom stereocenters. The molecule has 4 heteroatoms. The maximum atomic E-state index is 13.2. The van der Waals surface area contributed by atoms with Crippen LogP contribution in [0.1, 0.15) is 11.1 Å². The smallest absolute Gasteiger partial charge is 0.168 e. The van der Waals surface area contributed by atoms with Gasteiger partial charge in [-0.3, -0.25) is 4.99 Å². The van der Waals surface area contributed by atoms with Gasteiger partial charge in [-0.25, -0.2) is 4.39 Å². The maximum Gasteiger partial charge on any atom is 0.168 e. The van der Waals surface area contributed by atoms with Crippen LogP contribution in [0.25, 0.3) is 5.70 Å². The summed E-state index contributed by atoms with van der Waals surface area (Å²) in [5.41, 5.74) is 2.90. The molecular formula is C12H11FN2S. The van der Waals surface area contributed by atoms with Crippen molar-refractivity contribution < 1.29 is 4.39 Å². The molecule has 0 saturated heterocycles. The topological polar surface area (TPSA) is 15.6 Å². The van der Waals surface area contributed by atoms with Crippen molar-refractivity contribution in [2.45, 2.75) is 6.92 Å². The van der Waals surface area contributed by atoms with Gasteiger partial charge in [-0.05, 0) is 36.2 Å². The minimum Gasteiger partial charge on any atom is -0.318 e. The fraction of sp³-hybridized carbons (Fsp3) is 0.250. The molecule has 2 nitrogen and oxygen atoms in total. The van der Waals surface area contributed by atoms with Gasteiger partial charge in [-0.15, -0.1) is 0 Å². The molecule has 0 N–H and O–H groups in total. The number of halogens is 1. The molecule has 0 radical (unpaired) electrons. The molecule has 0 bridgehead atoms. The Morgan fingerprint density at radius 1 is 1.44 bits per heavy atom. The number of amidine groups is 1. The summed E-state index contributed by atoms with van der Waals surface area (Å²) in [7, 11) is 0. The molecule has 0 fully saturated rings. The lowest BCUT2D eigenvalue weighted by Gasteiger charge is -2.16. The predicted octanol–water partition coefficient (Wildman–Crippen LogP) is 2.85. The molecule has 0 atom stereocenters. The van der Waals surface area contributed by atoms with E-state index in [2.05, 4.69) is 15.3 Å². The molecule has 0 aliphatic carbocycles. The zero-order valence-electron chi connectivity index (χ0n) is 8.90. The van der Waals surface area contributed by atoms with Crippen molar-refractivity contribution in [3.8, 4) is 0 Å². The Hall–Kier alpha value is -1.29. The molecule has 2 aliphatic rings. The maximum absolute atomic E-state index is 13.2. The monoisotopic (exact) mass is 234 g/mol. The molecule has 3 rings (SSSR count). The van der Waals surface area contributed by atoms with Crippen molar-refractivity contribution in [2.24, 2.45) is 4.99 Å². The summed E-state index contributed by atoms with van der Waals surface area (Å²) in [5, 5.41) is 3.15. The lowest BCUT2D eigenvalue weighted by atomic mass is 10.1. The van der Waals surface area contributed by atoms with Gasteiger partial charge in [0, 0.05) is 12.0 Å². The molecule has 82 valence electrons. The first-order valence-corrected chi connectivity index (χ1v) is 6.09. The first-order valence-electron chi connectivity index (χ1n) is 5.21. The van der Waals surface area contributed by atoms with E-state index in [0.717, 1.165) is 29.5 Å². The number of thioether (sulfide) groups is 1. The zero-order chi connectivity index (χ0) is 11.1. The molecule has 0 saturated carbocycles. The fourth-order valence-corrected chi connectivity index (χ4v) is 2.91. The van der Waals surface area contributed by atoms with E-state index in [4.69, 9.17) is 0 Å². The normalized spacial score (nSPS) is 18.5. The van der Waals surface area contributed by atoms with Crippen molar-refractivity contribution in [1.29, 1.82) is 0 Å². The van der Waals surface area contributed by atoms with E-state index in [1.807, 2.05) is 12.1 Å². The quantitative estimate of drug-likeness (QED) is 0.742. The number of aryl methyl sites for hydroxylation is 1. The van der Waals surface area contributed by atoms with Gasteiger partial charge in [0.15, 0.2) is 5.17 Å². The van der Waals surface area contributed by atoms with Crippen molar-refractivity contribution >= 4 is 22.6 Å². The van der Waals surface area contributed by atoms with Gasteiger partial charge < -0.3 is 4.90 Å². The largest absolute Gasteiger partial charge is 0.318 e. The number of hydrogen-bond acceptors (Lipinski definition) is 3. The number of benzene rings is 1. The molecule has 0 amide bonds. The van der Waals surface area contributed by atoms with Gasteiger partial charge >= 0.3 is 0 Å². The zero-order valence-corrected chi connectivity index (χ0v) is 9.72. The van der Waals surface area contributed by atoms with Gasteiger partial charge in [0.05, 0.1) is 12.2 Å². The van der Waals surface area contributed by atoms with Crippen LogP contribution in [0.3, 0.4) is 0 Å². The van der Waals surface area contributed by atoms with Crippen LogP contribution >= 0.6 is 11.8 Å². The van der Waals surface area contributed by atoms with Crippen LogP contribution in [0, 0.1) is 12.7 Å². The van der Waals surface area contributed by atoms with Crippen LogP contribution in [0.4, 0.5) is 4.39 Å². The Labute approximate surface area is 97.9 Å². The molecule has 1 aromatic carbocycles. The first kappa shape index (κ1) is 9.90. The lowest BCUT2D eigenvalue weighted by Crippen LogP contribution is -2.19. The Balaban J connectivity index is 1.99. The van der Waals surface area contributed by atoms with E-state index < -0.39 is 0 Å². The summed E-state index contributed by atoms with van der Waals surface area (Å²) in [4.78, 5) is 6.58. The average Bonchev–Trinajstić information content (AvgIpc) is 2.83. The van der Waals surface area contributed by atoms with Crippen LogP contribution in [0.2, 0.25) is 0 Å². The summed E-state index contributed by atoms with van der Waals surface area (Å²) in [5.74, 6) is -0.148. The minimum atomic E-state index is -0.148. The first-order chi connectivity index (χ1) is 7.75. The Kier molecular flexibility index (Phi) is 2.24. The van der Waals surface area contributed by atoms with E-state index in [9.17, 15) is 4.39 Å². The highest BCUT2D eigenvalue weighted by molar-refractivity contribution is 8.16. The fourth-order valence-electron chi connectivity index (χ4n) is 1.95. The van der Waals surface area contributed by atoms with E-state index in [-0.39, 0.29) is 5.82 Å². The second-order valence-electron chi connectivity index (χ2n) is 3.90. The van der Waals surface area contributed by atoms with E-state index >= 15 is 0 Å². The minimum absolute atomic E-state index is 0.148. The van der Waals surface area contributed by atoms with E-state index in [0.29, 0.717) is 5.56 Å². The summed E-state index contributed by atoms with van der Waals surface area (Å²) in [6, 6.07) is 5.25. The molecule has 0 spiro atoms. The highest BCUT2D eigenvalue weighted by Gasteiger charge is 2.27.